The highest BCUT2D eigenvalue weighted by Gasteiger charge is 2.43. The summed E-state index contributed by atoms with van der Waals surface area (Å²) in [5.74, 6) is -3.50. The molecule has 0 saturated carbocycles. The summed E-state index contributed by atoms with van der Waals surface area (Å²) in [5, 5.41) is 5.58. The van der Waals surface area contributed by atoms with Gasteiger partial charge in [-0.05, 0) is 37.7 Å². The van der Waals surface area contributed by atoms with Gasteiger partial charge in [-0.3, -0.25) is 19.2 Å². The highest BCUT2D eigenvalue weighted by molar-refractivity contribution is 5.92. The van der Waals surface area contributed by atoms with E-state index >= 15 is 0 Å². The van der Waals surface area contributed by atoms with Crippen molar-refractivity contribution >= 4 is 29.7 Å². The second-order valence-electron chi connectivity index (χ2n) is 12.3. The first-order chi connectivity index (χ1) is 19.7. The Labute approximate surface area is 250 Å². The molecule has 2 rings (SSSR count). The Bertz CT molecular complexity index is 1090. The third-order valence-electron chi connectivity index (χ3n) is 7.80. The zero-order valence-electron chi connectivity index (χ0n) is 26.4. The first kappa shape index (κ1) is 34.8. The quantitative estimate of drug-likeness (QED) is 0.468. The molecular weight excluding hydrogens is 538 g/mol. The molecule has 1 heterocycles. The molecule has 0 bridgehead atoms. The van der Waals surface area contributed by atoms with E-state index in [1.165, 1.54) is 11.9 Å². The first-order valence-corrected chi connectivity index (χ1v) is 15.0. The van der Waals surface area contributed by atoms with Crippen molar-refractivity contribution in [3.8, 4) is 0 Å². The van der Waals surface area contributed by atoms with Gasteiger partial charge in [0.25, 0.3) is 5.91 Å². The molecule has 2 N–H and O–H groups in total. The molecule has 42 heavy (non-hydrogen) atoms. The molecule has 10 heteroatoms. The summed E-state index contributed by atoms with van der Waals surface area (Å²) in [6.07, 6.45) is 0.207. The number of unbranched alkanes of at least 4 members (excludes halogenated alkanes) is 1. The lowest BCUT2D eigenvalue weighted by Crippen LogP contribution is -2.56. The number of nitrogens with zero attached hydrogens (tertiary/aromatic N) is 1. The highest BCUT2D eigenvalue weighted by Crippen LogP contribution is 2.29. The average Bonchev–Trinajstić information content (AvgIpc) is 2.93. The SMILES string of the molecule is CCCCC1OC(=O)CCNC(=O)C(Cc2ccccc2)N(C)C(=O)C(C(C)C)OC(=O)C(C(C)C)NC(=O)C1(C)C. The van der Waals surface area contributed by atoms with Gasteiger partial charge in [0, 0.05) is 20.0 Å². The fourth-order valence-electron chi connectivity index (χ4n) is 4.82. The Kier molecular flexibility index (Phi) is 13.0. The first-order valence-electron chi connectivity index (χ1n) is 15.0. The van der Waals surface area contributed by atoms with Gasteiger partial charge >= 0.3 is 11.9 Å². The van der Waals surface area contributed by atoms with Crippen molar-refractivity contribution < 1.29 is 33.4 Å². The Morgan fingerprint density at radius 1 is 0.976 bits per heavy atom. The van der Waals surface area contributed by atoms with Crippen LogP contribution in [-0.2, 0) is 39.9 Å². The Morgan fingerprint density at radius 3 is 2.19 bits per heavy atom. The maximum atomic E-state index is 13.8. The molecule has 1 aliphatic rings. The van der Waals surface area contributed by atoms with E-state index in [2.05, 4.69) is 10.6 Å². The number of benzene rings is 1. The minimum Gasteiger partial charge on any atom is -0.461 e. The molecule has 234 valence electrons. The van der Waals surface area contributed by atoms with Gasteiger partial charge in [-0.2, -0.15) is 0 Å². The Hall–Kier alpha value is -3.43. The lowest BCUT2D eigenvalue weighted by Gasteiger charge is -2.35. The normalized spacial score (nSPS) is 25.0. The van der Waals surface area contributed by atoms with Gasteiger partial charge in [-0.25, -0.2) is 4.79 Å². The third kappa shape index (κ3) is 9.29. The number of nitrogens with one attached hydrogen (secondary N) is 2. The molecular formula is C32H49N3O7. The van der Waals surface area contributed by atoms with E-state index in [4.69, 9.17) is 9.47 Å². The zero-order valence-corrected chi connectivity index (χ0v) is 26.4. The van der Waals surface area contributed by atoms with Crippen LogP contribution in [0.2, 0.25) is 0 Å². The predicted molar refractivity (Wildman–Crippen MR) is 159 cm³/mol. The smallest absolute Gasteiger partial charge is 0.329 e. The van der Waals surface area contributed by atoms with Crippen molar-refractivity contribution in [2.45, 2.75) is 105 Å². The van der Waals surface area contributed by atoms with E-state index in [-0.39, 0.29) is 25.3 Å². The second-order valence-corrected chi connectivity index (χ2v) is 12.3. The fourth-order valence-corrected chi connectivity index (χ4v) is 4.82. The number of ether oxygens (including phenoxy) is 2. The Balaban J connectivity index is 2.52. The minimum absolute atomic E-state index is 0.00384. The van der Waals surface area contributed by atoms with E-state index in [1.807, 2.05) is 37.3 Å². The number of likely N-dealkylation sites (N-methyl/N-ethyl adjacent to an activating group) is 1. The number of hydrogen-bond acceptors (Lipinski definition) is 7. The van der Waals surface area contributed by atoms with Gasteiger partial charge in [0.05, 0.1) is 11.8 Å². The largest absolute Gasteiger partial charge is 0.461 e. The Morgan fingerprint density at radius 2 is 1.62 bits per heavy atom. The molecule has 1 aromatic rings. The molecule has 1 aromatic carbocycles. The number of esters is 2. The summed E-state index contributed by atoms with van der Waals surface area (Å²) in [4.78, 5) is 68.5. The van der Waals surface area contributed by atoms with Crippen LogP contribution >= 0.6 is 0 Å². The lowest BCUT2D eigenvalue weighted by atomic mass is 9.82. The summed E-state index contributed by atoms with van der Waals surface area (Å²) in [6, 6.07) is 7.30. The molecule has 4 unspecified atom stereocenters. The second kappa shape index (κ2) is 15.7. The van der Waals surface area contributed by atoms with Gasteiger partial charge < -0.3 is 25.0 Å². The maximum absolute atomic E-state index is 13.8. The van der Waals surface area contributed by atoms with Gasteiger partial charge in [0.2, 0.25) is 11.8 Å². The van der Waals surface area contributed by atoms with Crippen LogP contribution in [0.25, 0.3) is 0 Å². The van der Waals surface area contributed by atoms with Crippen molar-refractivity contribution in [3.63, 3.8) is 0 Å². The van der Waals surface area contributed by atoms with E-state index in [9.17, 15) is 24.0 Å². The summed E-state index contributed by atoms with van der Waals surface area (Å²) < 4.78 is 11.6. The average molecular weight is 588 g/mol. The summed E-state index contributed by atoms with van der Waals surface area (Å²) >= 11 is 0. The van der Waals surface area contributed by atoms with Crippen LogP contribution in [0.1, 0.15) is 79.7 Å². The molecule has 0 aromatic heterocycles. The summed E-state index contributed by atoms with van der Waals surface area (Å²) in [5.41, 5.74) is -0.326. The van der Waals surface area contributed by atoms with Crippen molar-refractivity contribution in [2.24, 2.45) is 17.3 Å². The molecule has 0 spiro atoms. The number of amides is 3. The molecule has 1 fully saturated rings. The number of carbonyl (C=O) groups excluding carboxylic acids is 5. The van der Waals surface area contributed by atoms with Crippen LogP contribution in [0.4, 0.5) is 0 Å². The fraction of sp³-hybridized carbons (Fsp3) is 0.656. The predicted octanol–water partition coefficient (Wildman–Crippen LogP) is 3.41. The zero-order chi connectivity index (χ0) is 31.6. The van der Waals surface area contributed by atoms with Crippen molar-refractivity contribution in [1.82, 2.24) is 15.5 Å². The summed E-state index contributed by atoms with van der Waals surface area (Å²) in [6.45, 7) is 12.4. The molecule has 10 nitrogen and oxygen atoms in total. The van der Waals surface area contributed by atoms with Gasteiger partial charge in [0.15, 0.2) is 6.10 Å². The van der Waals surface area contributed by atoms with E-state index in [0.717, 1.165) is 18.4 Å². The highest BCUT2D eigenvalue weighted by atomic mass is 16.6. The van der Waals surface area contributed by atoms with E-state index in [0.29, 0.717) is 6.42 Å². The summed E-state index contributed by atoms with van der Waals surface area (Å²) in [7, 11) is 1.50. The van der Waals surface area contributed by atoms with Crippen LogP contribution in [-0.4, -0.2) is 72.4 Å². The number of rotatable bonds is 7. The molecule has 1 saturated heterocycles. The van der Waals surface area contributed by atoms with Crippen molar-refractivity contribution in [2.75, 3.05) is 13.6 Å². The van der Waals surface area contributed by atoms with E-state index in [1.54, 1.807) is 41.5 Å². The minimum atomic E-state index is -1.18. The standard InChI is InChI=1S/C32H49N3O7/c1-9-10-16-24-32(6,7)31(40)34-26(20(2)3)30(39)42-27(21(4)5)29(38)35(8)23(19-22-14-12-11-13-15-22)28(37)33-18-17-25(36)41-24/h11-15,20-21,23-24,26-27H,9-10,16-19H2,1-8H3,(H,33,37)(H,34,40). The third-order valence-corrected chi connectivity index (χ3v) is 7.80. The van der Waals surface area contributed by atoms with Crippen molar-refractivity contribution in [3.05, 3.63) is 35.9 Å². The molecule has 1 aliphatic heterocycles. The molecule has 0 aliphatic carbocycles. The topological polar surface area (TPSA) is 131 Å². The van der Waals surface area contributed by atoms with Crippen LogP contribution in [0.5, 0.6) is 0 Å². The van der Waals surface area contributed by atoms with Gasteiger partial charge in [0.1, 0.15) is 18.2 Å². The monoisotopic (exact) mass is 587 g/mol. The van der Waals surface area contributed by atoms with Gasteiger partial charge in [-0.15, -0.1) is 0 Å². The van der Waals surface area contributed by atoms with E-state index < -0.39 is 65.3 Å². The van der Waals surface area contributed by atoms with Crippen LogP contribution in [0, 0.1) is 17.3 Å². The van der Waals surface area contributed by atoms with Crippen LogP contribution in [0.15, 0.2) is 30.3 Å². The van der Waals surface area contributed by atoms with Crippen LogP contribution in [0.3, 0.4) is 0 Å². The number of hydrogen-bond donors (Lipinski definition) is 2. The number of carbonyl (C=O) groups is 5. The van der Waals surface area contributed by atoms with Crippen LogP contribution < -0.4 is 10.6 Å². The molecule has 4 atom stereocenters. The lowest BCUT2D eigenvalue weighted by molar-refractivity contribution is -0.168. The maximum Gasteiger partial charge on any atom is 0.329 e. The number of cyclic esters (lactones) is 2. The van der Waals surface area contributed by atoms with Gasteiger partial charge in [-0.1, -0.05) is 77.8 Å². The van der Waals surface area contributed by atoms with Crippen molar-refractivity contribution in [1.29, 1.82) is 0 Å². The molecule has 3 amide bonds. The molecule has 0 radical (unpaired) electrons.